The van der Waals surface area contributed by atoms with Crippen LogP contribution in [0.25, 0.3) is 0 Å². The van der Waals surface area contributed by atoms with Crippen molar-refractivity contribution in [2.75, 3.05) is 44.5 Å². The highest BCUT2D eigenvalue weighted by molar-refractivity contribution is 5.89. The van der Waals surface area contributed by atoms with Crippen molar-refractivity contribution in [3.8, 4) is 11.6 Å². The van der Waals surface area contributed by atoms with Gasteiger partial charge in [-0.2, -0.15) is 0 Å². The Morgan fingerprint density at radius 1 is 1.27 bits per heavy atom. The molecule has 1 saturated heterocycles. The fourth-order valence-corrected chi connectivity index (χ4v) is 2.70. The van der Waals surface area contributed by atoms with Crippen molar-refractivity contribution in [1.29, 1.82) is 0 Å². The number of carbonyl (C=O) groups excluding carboxylic acids is 1. The fourth-order valence-electron chi connectivity index (χ4n) is 2.70. The maximum atomic E-state index is 12.4. The third kappa shape index (κ3) is 4.33. The number of aromatic nitrogens is 2. The number of methoxy groups -OCH3 is 1. The number of urea groups is 1. The number of hydrogen-bond donors (Lipinski definition) is 1. The van der Waals surface area contributed by atoms with Crippen molar-refractivity contribution in [2.24, 2.45) is 0 Å². The van der Waals surface area contributed by atoms with Crippen molar-refractivity contribution in [3.05, 3.63) is 36.4 Å². The molecule has 2 aromatic rings. The summed E-state index contributed by atoms with van der Waals surface area (Å²) >= 11 is 0. The number of likely N-dealkylation sites (tertiary alicyclic amines) is 1. The lowest BCUT2D eigenvalue weighted by Crippen LogP contribution is -2.34. The Labute approximate surface area is 152 Å². The van der Waals surface area contributed by atoms with Crippen molar-refractivity contribution in [2.45, 2.75) is 12.5 Å². The van der Waals surface area contributed by atoms with E-state index in [9.17, 15) is 4.79 Å². The van der Waals surface area contributed by atoms with Gasteiger partial charge in [-0.15, -0.1) is 10.2 Å². The fraction of sp³-hybridized carbons (Fsp3) is 0.389. The second kappa shape index (κ2) is 7.90. The molecule has 2 heterocycles. The first kappa shape index (κ1) is 17.8. The molecule has 1 N–H and O–H groups in total. The van der Waals surface area contributed by atoms with Gasteiger partial charge in [0, 0.05) is 44.9 Å². The van der Waals surface area contributed by atoms with Gasteiger partial charge in [-0.3, -0.25) is 0 Å². The van der Waals surface area contributed by atoms with E-state index in [0.717, 1.165) is 12.2 Å². The second-order valence-corrected chi connectivity index (χ2v) is 6.26. The van der Waals surface area contributed by atoms with Crippen molar-refractivity contribution < 1.29 is 14.3 Å². The number of anilines is 2. The number of nitrogens with zero attached hydrogens (tertiary/aromatic N) is 4. The average Bonchev–Trinajstić information content (AvgIpc) is 3.11. The van der Waals surface area contributed by atoms with Crippen LogP contribution in [0.4, 0.5) is 16.3 Å². The van der Waals surface area contributed by atoms with E-state index in [4.69, 9.17) is 9.47 Å². The third-order valence-electron chi connectivity index (χ3n) is 4.12. The molecule has 1 atom stereocenters. The van der Waals surface area contributed by atoms with Gasteiger partial charge in [0.2, 0.25) is 5.88 Å². The molecule has 2 amide bonds. The van der Waals surface area contributed by atoms with Crippen molar-refractivity contribution in [1.82, 2.24) is 15.1 Å². The van der Waals surface area contributed by atoms with E-state index in [2.05, 4.69) is 15.5 Å². The lowest BCUT2D eigenvalue weighted by atomic mass is 10.3. The molecule has 1 aliphatic heterocycles. The van der Waals surface area contributed by atoms with Gasteiger partial charge in [0.15, 0.2) is 5.82 Å². The predicted octanol–water partition coefficient (Wildman–Crippen LogP) is 2.24. The highest BCUT2D eigenvalue weighted by Crippen LogP contribution is 2.20. The van der Waals surface area contributed by atoms with Gasteiger partial charge in [-0.25, -0.2) is 4.79 Å². The summed E-state index contributed by atoms with van der Waals surface area (Å²) in [5, 5.41) is 11.0. The van der Waals surface area contributed by atoms with Gasteiger partial charge in [0.1, 0.15) is 11.9 Å². The Balaban J connectivity index is 1.53. The molecule has 8 nitrogen and oxygen atoms in total. The van der Waals surface area contributed by atoms with Crippen molar-refractivity contribution >= 4 is 17.5 Å². The number of nitrogens with one attached hydrogen (secondary N) is 1. The zero-order valence-electron chi connectivity index (χ0n) is 15.2. The van der Waals surface area contributed by atoms with E-state index >= 15 is 0 Å². The molecular formula is C18H23N5O3. The Morgan fingerprint density at radius 3 is 2.81 bits per heavy atom. The molecule has 0 bridgehead atoms. The van der Waals surface area contributed by atoms with Crippen LogP contribution in [0.5, 0.6) is 11.6 Å². The van der Waals surface area contributed by atoms with Crippen LogP contribution < -0.4 is 19.7 Å². The SMILES string of the molecule is COc1cccc(NC(=O)N2CCC(Oc3ccc(N(C)C)nn3)C2)c1. The topological polar surface area (TPSA) is 79.8 Å². The van der Waals surface area contributed by atoms with Crippen LogP contribution in [0.3, 0.4) is 0 Å². The number of ether oxygens (including phenoxy) is 2. The highest BCUT2D eigenvalue weighted by atomic mass is 16.5. The molecule has 1 unspecified atom stereocenters. The Bertz CT molecular complexity index is 751. The molecule has 8 heteroatoms. The van der Waals surface area contributed by atoms with Crippen LogP contribution in [-0.4, -0.2) is 61.5 Å². The van der Waals surface area contributed by atoms with Crippen LogP contribution >= 0.6 is 0 Å². The number of amides is 2. The lowest BCUT2D eigenvalue weighted by molar-refractivity contribution is 0.188. The summed E-state index contributed by atoms with van der Waals surface area (Å²) in [6, 6.07) is 10.8. The largest absolute Gasteiger partial charge is 0.497 e. The maximum Gasteiger partial charge on any atom is 0.321 e. The summed E-state index contributed by atoms with van der Waals surface area (Å²) in [5.74, 6) is 1.93. The molecule has 1 aliphatic rings. The smallest absolute Gasteiger partial charge is 0.321 e. The van der Waals surface area contributed by atoms with E-state index < -0.39 is 0 Å². The first-order chi connectivity index (χ1) is 12.5. The summed E-state index contributed by atoms with van der Waals surface area (Å²) in [6.45, 7) is 1.14. The standard InChI is InChI=1S/C18H23N5O3/c1-22(2)16-7-8-17(21-20-16)26-15-9-10-23(12-15)18(24)19-13-5-4-6-14(11-13)25-3/h4-8,11,15H,9-10,12H2,1-3H3,(H,19,24). The zero-order chi connectivity index (χ0) is 18.5. The molecule has 1 aromatic heterocycles. The van der Waals surface area contributed by atoms with Crippen LogP contribution in [0.1, 0.15) is 6.42 Å². The summed E-state index contributed by atoms with van der Waals surface area (Å²) < 4.78 is 11.0. The van der Waals surface area contributed by atoms with E-state index in [1.54, 1.807) is 24.1 Å². The van der Waals surface area contributed by atoms with Crippen LogP contribution in [-0.2, 0) is 0 Å². The second-order valence-electron chi connectivity index (χ2n) is 6.26. The Hall–Kier alpha value is -3.03. The molecule has 0 radical (unpaired) electrons. The van der Waals surface area contributed by atoms with Gasteiger partial charge in [0.05, 0.1) is 13.7 Å². The minimum atomic E-state index is -0.154. The maximum absolute atomic E-state index is 12.4. The lowest BCUT2D eigenvalue weighted by Gasteiger charge is -2.18. The quantitative estimate of drug-likeness (QED) is 0.884. The minimum absolute atomic E-state index is 0.0921. The Morgan fingerprint density at radius 2 is 2.12 bits per heavy atom. The van der Waals surface area contributed by atoms with Crippen LogP contribution in [0.15, 0.2) is 36.4 Å². The molecule has 1 fully saturated rings. The van der Waals surface area contributed by atoms with Gasteiger partial charge < -0.3 is 24.6 Å². The normalized spacial score (nSPS) is 16.3. The number of hydrogen-bond acceptors (Lipinski definition) is 6. The first-order valence-corrected chi connectivity index (χ1v) is 8.43. The monoisotopic (exact) mass is 357 g/mol. The predicted molar refractivity (Wildman–Crippen MR) is 99.0 cm³/mol. The van der Waals surface area contributed by atoms with Gasteiger partial charge in [-0.05, 0) is 18.2 Å². The summed E-state index contributed by atoms with van der Waals surface area (Å²) in [6.07, 6.45) is 0.661. The first-order valence-electron chi connectivity index (χ1n) is 8.43. The van der Waals surface area contributed by atoms with Crippen LogP contribution in [0, 0.1) is 0 Å². The van der Waals surface area contributed by atoms with E-state index in [0.29, 0.717) is 30.4 Å². The van der Waals surface area contributed by atoms with E-state index in [1.165, 1.54) is 0 Å². The van der Waals surface area contributed by atoms with Gasteiger partial charge in [-0.1, -0.05) is 6.07 Å². The average molecular weight is 357 g/mol. The molecule has 0 saturated carbocycles. The van der Waals surface area contributed by atoms with Crippen LogP contribution in [0.2, 0.25) is 0 Å². The third-order valence-corrected chi connectivity index (χ3v) is 4.12. The minimum Gasteiger partial charge on any atom is -0.497 e. The number of carbonyl (C=O) groups is 1. The molecule has 0 spiro atoms. The number of rotatable bonds is 5. The Kier molecular flexibility index (Phi) is 5.40. The molecular weight excluding hydrogens is 334 g/mol. The van der Waals surface area contributed by atoms with Gasteiger partial charge >= 0.3 is 6.03 Å². The number of benzene rings is 1. The van der Waals surface area contributed by atoms with E-state index in [-0.39, 0.29) is 12.1 Å². The molecule has 0 aliphatic carbocycles. The highest BCUT2D eigenvalue weighted by Gasteiger charge is 2.28. The van der Waals surface area contributed by atoms with Crippen molar-refractivity contribution in [3.63, 3.8) is 0 Å². The van der Waals surface area contributed by atoms with Gasteiger partial charge in [0.25, 0.3) is 0 Å². The molecule has 1 aromatic carbocycles. The zero-order valence-corrected chi connectivity index (χ0v) is 15.2. The summed E-state index contributed by atoms with van der Waals surface area (Å²) in [5.41, 5.74) is 0.698. The molecule has 138 valence electrons. The van der Waals surface area contributed by atoms with E-state index in [1.807, 2.05) is 43.3 Å². The summed E-state index contributed by atoms with van der Waals surface area (Å²) in [4.78, 5) is 16.0. The molecule has 3 rings (SSSR count). The molecule has 26 heavy (non-hydrogen) atoms. The summed E-state index contributed by atoms with van der Waals surface area (Å²) in [7, 11) is 5.40.